The van der Waals surface area contributed by atoms with Gasteiger partial charge in [-0.05, 0) is 45.2 Å². The second-order valence-electron chi connectivity index (χ2n) is 7.93. The van der Waals surface area contributed by atoms with Crippen LogP contribution in [0.3, 0.4) is 0 Å². The standard InChI is InChI=1S/C20H30N6O3S/c1-20(2,3)29-19(27)21-13-16(22-14-6-5-7-15(12-14)30-4)17-23-18(25-24-17)26-8-10-28-11-9-26/h5-7,12,16,22H,8-11,13H2,1-4H3,(H,21,27)(H,23,24,25). The van der Waals surface area contributed by atoms with E-state index in [1.54, 1.807) is 11.8 Å². The Morgan fingerprint density at radius 1 is 1.37 bits per heavy atom. The maximum absolute atomic E-state index is 12.2. The van der Waals surface area contributed by atoms with Gasteiger partial charge in [0.1, 0.15) is 11.6 Å². The average Bonchev–Trinajstić information content (AvgIpc) is 3.21. The van der Waals surface area contributed by atoms with Gasteiger partial charge in [0.15, 0.2) is 5.82 Å². The maximum atomic E-state index is 12.2. The fourth-order valence-corrected chi connectivity index (χ4v) is 3.41. The molecule has 0 bridgehead atoms. The first-order chi connectivity index (χ1) is 14.3. The number of benzene rings is 1. The fraction of sp³-hybridized carbons (Fsp3) is 0.550. The number of alkyl carbamates (subject to hydrolysis) is 1. The molecule has 2 heterocycles. The number of hydrogen-bond acceptors (Lipinski definition) is 8. The number of thioether (sulfide) groups is 1. The third kappa shape index (κ3) is 6.53. The molecule has 2 aromatic rings. The summed E-state index contributed by atoms with van der Waals surface area (Å²) in [7, 11) is 0. The molecule has 0 aliphatic carbocycles. The Bertz CT molecular complexity index is 832. The molecule has 9 nitrogen and oxygen atoms in total. The largest absolute Gasteiger partial charge is 0.444 e. The number of H-pyrrole nitrogens is 1. The van der Waals surface area contributed by atoms with E-state index in [1.165, 1.54) is 0 Å². The molecule has 1 unspecified atom stereocenters. The van der Waals surface area contributed by atoms with E-state index in [1.807, 2.05) is 39.2 Å². The van der Waals surface area contributed by atoms with Crippen molar-refractivity contribution in [1.82, 2.24) is 20.5 Å². The van der Waals surface area contributed by atoms with Crippen LogP contribution >= 0.6 is 11.8 Å². The van der Waals surface area contributed by atoms with Crippen LogP contribution in [0.1, 0.15) is 32.6 Å². The zero-order valence-corrected chi connectivity index (χ0v) is 18.7. The SMILES string of the molecule is CSc1cccc(NC(CNC(=O)OC(C)(C)C)c2nc(N3CCOCC3)n[nH]2)c1. The molecule has 30 heavy (non-hydrogen) atoms. The van der Waals surface area contributed by atoms with Gasteiger partial charge in [-0.2, -0.15) is 4.98 Å². The first kappa shape index (κ1) is 22.2. The zero-order valence-electron chi connectivity index (χ0n) is 17.9. The van der Waals surface area contributed by atoms with E-state index in [2.05, 4.69) is 42.8 Å². The number of hydrogen-bond donors (Lipinski definition) is 3. The number of aromatic nitrogens is 3. The van der Waals surface area contributed by atoms with Gasteiger partial charge in [-0.15, -0.1) is 16.9 Å². The van der Waals surface area contributed by atoms with Gasteiger partial charge in [-0.1, -0.05) is 6.07 Å². The molecule has 0 spiro atoms. The van der Waals surface area contributed by atoms with Crippen LogP contribution in [0.2, 0.25) is 0 Å². The van der Waals surface area contributed by atoms with Gasteiger partial charge in [0.05, 0.1) is 13.2 Å². The van der Waals surface area contributed by atoms with Crippen molar-refractivity contribution in [2.45, 2.75) is 37.3 Å². The Labute approximate surface area is 181 Å². The summed E-state index contributed by atoms with van der Waals surface area (Å²) in [6, 6.07) is 7.78. The Morgan fingerprint density at radius 3 is 2.83 bits per heavy atom. The first-order valence-corrected chi connectivity index (χ1v) is 11.2. The molecule has 1 aromatic heterocycles. The highest BCUT2D eigenvalue weighted by molar-refractivity contribution is 7.98. The highest BCUT2D eigenvalue weighted by Gasteiger charge is 2.22. The molecule has 1 amide bonds. The minimum absolute atomic E-state index is 0.288. The molecule has 3 N–H and O–H groups in total. The Balaban J connectivity index is 1.74. The van der Waals surface area contributed by atoms with Crippen molar-refractivity contribution in [3.05, 3.63) is 30.1 Å². The van der Waals surface area contributed by atoms with Crippen molar-refractivity contribution >= 4 is 29.5 Å². The lowest BCUT2D eigenvalue weighted by molar-refractivity contribution is 0.0525. The summed E-state index contributed by atoms with van der Waals surface area (Å²) in [6.45, 7) is 8.61. The lowest BCUT2D eigenvalue weighted by Crippen LogP contribution is -2.37. The quantitative estimate of drug-likeness (QED) is 0.571. The summed E-state index contributed by atoms with van der Waals surface area (Å²) in [4.78, 5) is 20.1. The Hall–Kier alpha value is -2.46. The third-order valence-electron chi connectivity index (χ3n) is 4.37. The molecule has 10 heteroatoms. The number of nitrogens with one attached hydrogen (secondary N) is 3. The van der Waals surface area contributed by atoms with Gasteiger partial charge < -0.3 is 25.0 Å². The van der Waals surface area contributed by atoms with Crippen LogP contribution in [0.4, 0.5) is 16.4 Å². The predicted molar refractivity (Wildman–Crippen MR) is 118 cm³/mol. The van der Waals surface area contributed by atoms with Crippen molar-refractivity contribution in [1.29, 1.82) is 0 Å². The number of rotatable bonds is 7. The molecule has 1 saturated heterocycles. The van der Waals surface area contributed by atoms with Crippen molar-refractivity contribution in [2.24, 2.45) is 0 Å². The molecule has 1 aromatic carbocycles. The maximum Gasteiger partial charge on any atom is 0.407 e. The third-order valence-corrected chi connectivity index (χ3v) is 5.10. The number of anilines is 2. The summed E-state index contributed by atoms with van der Waals surface area (Å²) in [6.07, 6.45) is 1.56. The van der Waals surface area contributed by atoms with Crippen molar-refractivity contribution in [3.63, 3.8) is 0 Å². The van der Waals surface area contributed by atoms with E-state index < -0.39 is 11.7 Å². The van der Waals surface area contributed by atoms with Crippen molar-refractivity contribution < 1.29 is 14.3 Å². The van der Waals surface area contributed by atoms with Crippen molar-refractivity contribution in [2.75, 3.05) is 49.3 Å². The van der Waals surface area contributed by atoms with E-state index in [4.69, 9.17) is 9.47 Å². The van der Waals surface area contributed by atoms with Gasteiger partial charge in [0.2, 0.25) is 5.95 Å². The second-order valence-corrected chi connectivity index (χ2v) is 8.81. The molecule has 3 rings (SSSR count). The van der Waals surface area contributed by atoms with Crippen LogP contribution in [-0.2, 0) is 9.47 Å². The molecule has 164 valence electrons. The summed E-state index contributed by atoms with van der Waals surface area (Å²) in [5.41, 5.74) is 0.372. The smallest absolute Gasteiger partial charge is 0.407 e. The highest BCUT2D eigenvalue weighted by atomic mass is 32.2. The van der Waals surface area contributed by atoms with E-state index in [-0.39, 0.29) is 12.6 Å². The number of ether oxygens (including phenoxy) is 2. The molecule has 1 aliphatic heterocycles. The van der Waals surface area contributed by atoms with Crippen LogP contribution in [0.15, 0.2) is 29.2 Å². The summed E-state index contributed by atoms with van der Waals surface area (Å²) < 4.78 is 10.8. The monoisotopic (exact) mass is 434 g/mol. The van der Waals surface area contributed by atoms with Crippen LogP contribution < -0.4 is 15.5 Å². The minimum Gasteiger partial charge on any atom is -0.444 e. The number of morpholine rings is 1. The average molecular weight is 435 g/mol. The van der Waals surface area contributed by atoms with Crippen LogP contribution in [0, 0.1) is 0 Å². The molecule has 1 aliphatic rings. The summed E-state index contributed by atoms with van der Waals surface area (Å²) >= 11 is 1.67. The van der Waals surface area contributed by atoms with Crippen LogP contribution in [0.25, 0.3) is 0 Å². The topological polar surface area (TPSA) is 104 Å². The fourth-order valence-electron chi connectivity index (χ4n) is 2.96. The molecule has 0 saturated carbocycles. The molecular formula is C20H30N6O3S. The minimum atomic E-state index is -0.560. The highest BCUT2D eigenvalue weighted by Crippen LogP contribution is 2.23. The normalized spacial score (nSPS) is 15.5. The predicted octanol–water partition coefficient (Wildman–Crippen LogP) is 3.04. The molecule has 1 fully saturated rings. The molecule has 0 radical (unpaired) electrons. The van der Waals surface area contributed by atoms with Gasteiger partial charge in [-0.25, -0.2) is 4.79 Å². The zero-order chi connectivity index (χ0) is 21.6. The molecular weight excluding hydrogens is 404 g/mol. The van der Waals surface area contributed by atoms with E-state index >= 15 is 0 Å². The lowest BCUT2D eigenvalue weighted by atomic mass is 10.2. The lowest BCUT2D eigenvalue weighted by Gasteiger charge is -2.25. The van der Waals surface area contributed by atoms with E-state index in [0.29, 0.717) is 25.0 Å². The van der Waals surface area contributed by atoms with Gasteiger partial charge in [0, 0.05) is 30.2 Å². The van der Waals surface area contributed by atoms with E-state index in [9.17, 15) is 4.79 Å². The van der Waals surface area contributed by atoms with Crippen LogP contribution in [0.5, 0.6) is 0 Å². The van der Waals surface area contributed by atoms with Crippen molar-refractivity contribution in [3.8, 4) is 0 Å². The number of aromatic amines is 1. The van der Waals surface area contributed by atoms with Gasteiger partial charge in [0.25, 0.3) is 0 Å². The summed E-state index contributed by atoms with van der Waals surface area (Å²) in [5.74, 6) is 1.28. The van der Waals surface area contributed by atoms with Gasteiger partial charge in [-0.3, -0.25) is 5.10 Å². The van der Waals surface area contributed by atoms with Crippen LogP contribution in [-0.4, -0.2) is 66.0 Å². The number of amides is 1. The first-order valence-electron chi connectivity index (χ1n) is 9.96. The number of carbonyl (C=O) groups excluding carboxylic acids is 1. The second kappa shape index (κ2) is 10.0. The number of carbonyl (C=O) groups is 1. The van der Waals surface area contributed by atoms with E-state index in [0.717, 1.165) is 23.7 Å². The van der Waals surface area contributed by atoms with Gasteiger partial charge >= 0.3 is 6.09 Å². The number of nitrogens with zero attached hydrogens (tertiary/aromatic N) is 3. The molecule has 1 atom stereocenters. The Morgan fingerprint density at radius 2 is 2.13 bits per heavy atom. The summed E-state index contributed by atoms with van der Waals surface area (Å²) in [5, 5.41) is 13.7. The Kier molecular flexibility index (Phi) is 7.43.